The first-order valence-electron chi connectivity index (χ1n) is 8.42. The largest absolute Gasteiger partial charge is 0.308 e. The third kappa shape index (κ3) is 5.92. The summed E-state index contributed by atoms with van der Waals surface area (Å²) in [4.78, 5) is 6.25. The van der Waals surface area contributed by atoms with Crippen molar-refractivity contribution in [3.05, 3.63) is 15.6 Å². The predicted octanol–water partition coefficient (Wildman–Crippen LogP) is 5.42. The zero-order valence-corrected chi connectivity index (χ0v) is 14.6. The number of aromatic nitrogens is 1. The summed E-state index contributed by atoms with van der Waals surface area (Å²) in [5, 5.41) is 5.00. The molecule has 0 fully saturated rings. The molecule has 0 aliphatic carbocycles. The smallest absolute Gasteiger partial charge is 0.110 e. The van der Waals surface area contributed by atoms with Crippen LogP contribution in [0.4, 0.5) is 0 Å². The Morgan fingerprint density at radius 2 is 1.80 bits per heavy atom. The van der Waals surface area contributed by atoms with Gasteiger partial charge in [-0.15, -0.1) is 11.3 Å². The Morgan fingerprint density at radius 3 is 2.40 bits per heavy atom. The van der Waals surface area contributed by atoms with Crippen LogP contribution in [0.1, 0.15) is 87.3 Å². The van der Waals surface area contributed by atoms with Crippen molar-refractivity contribution in [1.29, 1.82) is 0 Å². The summed E-state index contributed by atoms with van der Waals surface area (Å²) < 4.78 is 0. The van der Waals surface area contributed by atoms with Crippen molar-refractivity contribution in [2.75, 3.05) is 6.54 Å². The van der Waals surface area contributed by atoms with Crippen LogP contribution in [0.25, 0.3) is 0 Å². The van der Waals surface area contributed by atoms with E-state index in [1.165, 1.54) is 60.5 Å². The van der Waals surface area contributed by atoms with E-state index in [9.17, 15) is 0 Å². The topological polar surface area (TPSA) is 24.9 Å². The van der Waals surface area contributed by atoms with Crippen molar-refractivity contribution < 1.29 is 0 Å². The monoisotopic (exact) mass is 296 g/mol. The molecular weight excluding hydrogens is 264 g/mol. The van der Waals surface area contributed by atoms with Crippen LogP contribution in [0.5, 0.6) is 0 Å². The first-order valence-corrected chi connectivity index (χ1v) is 9.24. The normalized spacial score (nSPS) is 12.8. The van der Waals surface area contributed by atoms with Gasteiger partial charge in [-0.3, -0.25) is 0 Å². The number of nitrogens with zero attached hydrogens (tertiary/aromatic N) is 1. The fourth-order valence-electron chi connectivity index (χ4n) is 2.51. The number of rotatable bonds is 11. The summed E-state index contributed by atoms with van der Waals surface area (Å²) in [7, 11) is 0. The van der Waals surface area contributed by atoms with Gasteiger partial charge in [0.05, 0.1) is 11.7 Å². The molecule has 116 valence electrons. The molecule has 2 nitrogen and oxygen atoms in total. The lowest BCUT2D eigenvalue weighted by Gasteiger charge is -2.16. The molecule has 0 radical (unpaired) electrons. The van der Waals surface area contributed by atoms with Crippen molar-refractivity contribution in [1.82, 2.24) is 10.3 Å². The molecule has 1 atom stereocenters. The predicted molar refractivity (Wildman–Crippen MR) is 90.6 cm³/mol. The van der Waals surface area contributed by atoms with Gasteiger partial charge >= 0.3 is 0 Å². The molecule has 0 saturated carbocycles. The molecule has 0 amide bonds. The third-order valence-corrected chi connectivity index (χ3v) is 4.91. The highest BCUT2D eigenvalue weighted by molar-refractivity contribution is 7.11. The van der Waals surface area contributed by atoms with Gasteiger partial charge in [-0.2, -0.15) is 0 Å². The van der Waals surface area contributed by atoms with E-state index in [1.54, 1.807) is 0 Å². The van der Waals surface area contributed by atoms with Crippen LogP contribution in [0.15, 0.2) is 0 Å². The minimum Gasteiger partial charge on any atom is -0.308 e. The Balaban J connectivity index is 2.53. The summed E-state index contributed by atoms with van der Waals surface area (Å²) >= 11 is 1.89. The summed E-state index contributed by atoms with van der Waals surface area (Å²) in [6, 6.07) is 0.473. The van der Waals surface area contributed by atoms with Gasteiger partial charge in [0, 0.05) is 4.88 Å². The van der Waals surface area contributed by atoms with Crippen LogP contribution in [-0.2, 0) is 6.42 Å². The molecule has 0 saturated heterocycles. The fraction of sp³-hybridized carbons (Fsp3) is 0.824. The van der Waals surface area contributed by atoms with Crippen LogP contribution < -0.4 is 5.32 Å². The number of aryl methyl sites for hydroxylation is 2. The zero-order chi connectivity index (χ0) is 14.8. The van der Waals surface area contributed by atoms with Gasteiger partial charge in [-0.05, 0) is 32.7 Å². The van der Waals surface area contributed by atoms with Gasteiger partial charge in [0.2, 0.25) is 0 Å². The fourth-order valence-corrected chi connectivity index (χ4v) is 3.63. The summed E-state index contributed by atoms with van der Waals surface area (Å²) in [6.45, 7) is 10.0. The first kappa shape index (κ1) is 17.6. The molecule has 1 unspecified atom stereocenters. The molecule has 1 rings (SSSR count). The Morgan fingerprint density at radius 1 is 1.05 bits per heavy atom. The minimum atomic E-state index is 0.473. The summed E-state index contributed by atoms with van der Waals surface area (Å²) in [6.07, 6.45) is 10.3. The maximum atomic E-state index is 4.85. The van der Waals surface area contributed by atoms with Crippen LogP contribution in [-0.4, -0.2) is 11.5 Å². The third-order valence-electron chi connectivity index (χ3n) is 3.78. The van der Waals surface area contributed by atoms with Crippen molar-refractivity contribution in [2.24, 2.45) is 0 Å². The van der Waals surface area contributed by atoms with Gasteiger partial charge in [-0.1, -0.05) is 52.9 Å². The molecule has 0 bridgehead atoms. The van der Waals surface area contributed by atoms with Gasteiger partial charge < -0.3 is 5.32 Å². The molecule has 1 N–H and O–H groups in total. The number of thiazole rings is 1. The molecule has 0 aliphatic heterocycles. The highest BCUT2D eigenvalue weighted by Gasteiger charge is 2.16. The number of nitrogens with one attached hydrogen (secondary N) is 1. The second-order valence-electron chi connectivity index (χ2n) is 5.62. The molecule has 1 aromatic heterocycles. The lowest BCUT2D eigenvalue weighted by atomic mass is 10.1. The zero-order valence-electron chi connectivity index (χ0n) is 13.8. The van der Waals surface area contributed by atoms with Crippen LogP contribution >= 0.6 is 11.3 Å². The van der Waals surface area contributed by atoms with Crippen LogP contribution in [0, 0.1) is 6.92 Å². The lowest BCUT2D eigenvalue weighted by Crippen LogP contribution is -2.22. The maximum Gasteiger partial charge on any atom is 0.110 e. The van der Waals surface area contributed by atoms with Gasteiger partial charge in [-0.25, -0.2) is 4.98 Å². The van der Waals surface area contributed by atoms with Crippen molar-refractivity contribution in [3.63, 3.8) is 0 Å². The Labute approximate surface area is 129 Å². The second-order valence-corrected chi connectivity index (χ2v) is 6.85. The van der Waals surface area contributed by atoms with E-state index in [2.05, 4.69) is 33.0 Å². The summed E-state index contributed by atoms with van der Waals surface area (Å²) in [5.74, 6) is 0. The molecule has 0 aliphatic rings. The van der Waals surface area contributed by atoms with E-state index < -0.39 is 0 Å². The number of hydrogen-bond donors (Lipinski definition) is 1. The van der Waals surface area contributed by atoms with Crippen molar-refractivity contribution in [3.8, 4) is 0 Å². The molecule has 0 spiro atoms. The molecular formula is C17H32N2S. The molecule has 20 heavy (non-hydrogen) atoms. The Bertz CT molecular complexity index is 360. The minimum absolute atomic E-state index is 0.473. The number of unbranched alkanes of at least 4 members (excludes halogenated alkanes) is 4. The average molecular weight is 297 g/mol. The van der Waals surface area contributed by atoms with E-state index >= 15 is 0 Å². The van der Waals surface area contributed by atoms with Gasteiger partial charge in [0.15, 0.2) is 0 Å². The average Bonchev–Trinajstić information content (AvgIpc) is 2.83. The van der Waals surface area contributed by atoms with Crippen LogP contribution in [0.3, 0.4) is 0 Å². The van der Waals surface area contributed by atoms with Crippen molar-refractivity contribution >= 4 is 11.3 Å². The quantitative estimate of drug-likeness (QED) is 0.552. The van der Waals surface area contributed by atoms with E-state index in [4.69, 9.17) is 4.98 Å². The highest BCUT2D eigenvalue weighted by atomic mass is 32.1. The van der Waals surface area contributed by atoms with E-state index in [0.717, 1.165) is 13.0 Å². The van der Waals surface area contributed by atoms with Gasteiger partial charge in [0.25, 0.3) is 0 Å². The Kier molecular flexibility index (Phi) is 9.12. The second kappa shape index (κ2) is 10.3. The molecule has 3 heteroatoms. The molecule has 0 aromatic carbocycles. The van der Waals surface area contributed by atoms with Crippen molar-refractivity contribution in [2.45, 2.75) is 85.1 Å². The molecule has 1 aromatic rings. The van der Waals surface area contributed by atoms with E-state index in [0.29, 0.717) is 6.04 Å². The van der Waals surface area contributed by atoms with E-state index in [-0.39, 0.29) is 0 Å². The number of hydrogen-bond acceptors (Lipinski definition) is 3. The Hall–Kier alpha value is -0.410. The van der Waals surface area contributed by atoms with Crippen LogP contribution in [0.2, 0.25) is 0 Å². The summed E-state index contributed by atoms with van der Waals surface area (Å²) in [5.41, 5.74) is 1.29. The standard InChI is InChI=1S/C17H32N2S/c1-5-8-9-10-11-12-16(18-13-6-2)17-19-15(7-3)14(4)20-17/h16,18H,5-13H2,1-4H3. The SMILES string of the molecule is CCCCCCCC(NCCC)c1nc(CC)c(C)s1. The van der Waals surface area contributed by atoms with E-state index in [1.807, 2.05) is 11.3 Å². The van der Waals surface area contributed by atoms with Gasteiger partial charge in [0.1, 0.15) is 5.01 Å². The highest BCUT2D eigenvalue weighted by Crippen LogP contribution is 2.27. The lowest BCUT2D eigenvalue weighted by molar-refractivity contribution is 0.466. The molecule has 1 heterocycles. The maximum absolute atomic E-state index is 4.85. The first-order chi connectivity index (χ1) is 9.72.